The van der Waals surface area contributed by atoms with Crippen LogP contribution in [0.2, 0.25) is 5.02 Å². The number of nitrogens with zero attached hydrogens (tertiary/aromatic N) is 1. The van der Waals surface area contributed by atoms with Crippen LogP contribution in [0.3, 0.4) is 0 Å². The van der Waals surface area contributed by atoms with E-state index in [9.17, 15) is 0 Å². The predicted molar refractivity (Wildman–Crippen MR) is 67.0 cm³/mol. The average Bonchev–Trinajstić information content (AvgIpc) is 2.20. The highest BCUT2D eigenvalue weighted by Gasteiger charge is 1.99. The van der Waals surface area contributed by atoms with E-state index in [2.05, 4.69) is 4.99 Å². The second-order valence-electron chi connectivity index (χ2n) is 3.42. The van der Waals surface area contributed by atoms with Crippen LogP contribution in [0.4, 0.5) is 0 Å². The zero-order chi connectivity index (χ0) is 12.0. The molecular formula is C11H16ClN3O. The Morgan fingerprint density at radius 1 is 1.44 bits per heavy atom. The van der Waals surface area contributed by atoms with Crippen molar-refractivity contribution in [3.8, 4) is 5.75 Å². The van der Waals surface area contributed by atoms with Gasteiger partial charge >= 0.3 is 0 Å². The van der Waals surface area contributed by atoms with Crippen LogP contribution in [0.5, 0.6) is 5.75 Å². The Hall–Kier alpha value is -1.42. The Kier molecular flexibility index (Phi) is 4.92. The molecule has 0 bridgehead atoms. The number of ether oxygens (including phenoxy) is 1. The number of aryl methyl sites for hydroxylation is 1. The lowest BCUT2D eigenvalue weighted by Crippen LogP contribution is -2.23. The first-order chi connectivity index (χ1) is 7.59. The van der Waals surface area contributed by atoms with Gasteiger partial charge < -0.3 is 16.2 Å². The van der Waals surface area contributed by atoms with Gasteiger partial charge in [0.05, 0.1) is 6.61 Å². The molecule has 0 unspecified atom stereocenters. The number of aliphatic imine (C=N–C) groups is 1. The van der Waals surface area contributed by atoms with Crippen LogP contribution in [-0.4, -0.2) is 19.1 Å². The minimum absolute atomic E-state index is 0.114. The summed E-state index contributed by atoms with van der Waals surface area (Å²) >= 11 is 5.83. The molecule has 0 radical (unpaired) electrons. The number of hydrogen-bond acceptors (Lipinski definition) is 2. The van der Waals surface area contributed by atoms with Crippen LogP contribution in [0.1, 0.15) is 12.0 Å². The van der Waals surface area contributed by atoms with Gasteiger partial charge in [-0.2, -0.15) is 0 Å². The van der Waals surface area contributed by atoms with E-state index < -0.39 is 0 Å². The van der Waals surface area contributed by atoms with Gasteiger partial charge in [0, 0.05) is 18.0 Å². The number of rotatable bonds is 5. The maximum Gasteiger partial charge on any atom is 0.185 e. The van der Waals surface area contributed by atoms with Gasteiger partial charge in [-0.25, -0.2) is 0 Å². The first kappa shape index (κ1) is 12.6. The average molecular weight is 242 g/mol. The Bertz CT molecular complexity index is 375. The van der Waals surface area contributed by atoms with Crippen molar-refractivity contribution >= 4 is 17.6 Å². The van der Waals surface area contributed by atoms with Crippen molar-refractivity contribution in [2.24, 2.45) is 16.5 Å². The van der Waals surface area contributed by atoms with Crippen LogP contribution in [0, 0.1) is 6.92 Å². The molecule has 0 saturated heterocycles. The van der Waals surface area contributed by atoms with E-state index >= 15 is 0 Å². The van der Waals surface area contributed by atoms with E-state index in [1.807, 2.05) is 19.1 Å². The minimum atomic E-state index is 0.114. The van der Waals surface area contributed by atoms with Crippen LogP contribution < -0.4 is 16.2 Å². The molecule has 0 atom stereocenters. The second kappa shape index (κ2) is 6.23. The molecule has 0 aliphatic rings. The molecule has 4 N–H and O–H groups in total. The van der Waals surface area contributed by atoms with Gasteiger partial charge in [0.2, 0.25) is 0 Å². The minimum Gasteiger partial charge on any atom is -0.493 e. The molecule has 1 aromatic carbocycles. The molecule has 0 amide bonds. The zero-order valence-electron chi connectivity index (χ0n) is 9.24. The summed E-state index contributed by atoms with van der Waals surface area (Å²) in [6, 6.07) is 5.53. The molecule has 4 nitrogen and oxygen atoms in total. The molecule has 0 heterocycles. The molecule has 5 heteroatoms. The van der Waals surface area contributed by atoms with Crippen LogP contribution in [0.25, 0.3) is 0 Å². The Morgan fingerprint density at radius 3 is 2.81 bits per heavy atom. The Labute approximate surface area is 100 Å². The van der Waals surface area contributed by atoms with Gasteiger partial charge in [0.1, 0.15) is 5.75 Å². The normalized spacial score (nSPS) is 9.88. The summed E-state index contributed by atoms with van der Waals surface area (Å²) in [6.45, 7) is 3.12. The molecule has 88 valence electrons. The number of guanidine groups is 1. The van der Waals surface area contributed by atoms with Crippen molar-refractivity contribution in [3.05, 3.63) is 28.8 Å². The van der Waals surface area contributed by atoms with E-state index in [1.54, 1.807) is 6.07 Å². The maximum absolute atomic E-state index is 5.83. The molecule has 1 rings (SSSR count). The summed E-state index contributed by atoms with van der Waals surface area (Å²) in [4.78, 5) is 3.86. The summed E-state index contributed by atoms with van der Waals surface area (Å²) in [6.07, 6.45) is 0.778. The molecule has 0 aliphatic carbocycles. The van der Waals surface area contributed by atoms with E-state index in [1.165, 1.54) is 0 Å². The standard InChI is InChI=1S/C11H16ClN3O/c1-8-7-9(12)3-4-10(8)16-6-2-5-15-11(13)14/h3-4,7H,2,5-6H2,1H3,(H4,13,14,15). The van der Waals surface area contributed by atoms with Crippen LogP contribution >= 0.6 is 11.6 Å². The SMILES string of the molecule is Cc1cc(Cl)ccc1OCCCN=C(N)N. The number of benzene rings is 1. The van der Waals surface area contributed by atoms with E-state index in [0.717, 1.165) is 17.7 Å². The number of halogens is 1. The second-order valence-corrected chi connectivity index (χ2v) is 3.85. The molecule has 1 aromatic rings. The quantitative estimate of drug-likeness (QED) is 0.468. The van der Waals surface area contributed by atoms with Crippen molar-refractivity contribution in [3.63, 3.8) is 0 Å². The van der Waals surface area contributed by atoms with E-state index in [0.29, 0.717) is 18.2 Å². The monoisotopic (exact) mass is 241 g/mol. The van der Waals surface area contributed by atoms with E-state index in [4.69, 9.17) is 27.8 Å². The molecule has 0 fully saturated rings. The van der Waals surface area contributed by atoms with Crippen molar-refractivity contribution in [2.45, 2.75) is 13.3 Å². The lowest BCUT2D eigenvalue weighted by Gasteiger charge is -2.08. The summed E-state index contributed by atoms with van der Waals surface area (Å²) in [5.74, 6) is 0.955. The van der Waals surface area contributed by atoms with Crippen molar-refractivity contribution in [1.82, 2.24) is 0 Å². The third-order valence-corrected chi connectivity index (χ3v) is 2.23. The summed E-state index contributed by atoms with van der Waals surface area (Å²) in [7, 11) is 0. The third-order valence-electron chi connectivity index (χ3n) is 1.99. The van der Waals surface area contributed by atoms with Gasteiger partial charge in [-0.05, 0) is 30.7 Å². The van der Waals surface area contributed by atoms with Crippen molar-refractivity contribution in [2.75, 3.05) is 13.2 Å². The van der Waals surface area contributed by atoms with Gasteiger partial charge in [0.15, 0.2) is 5.96 Å². The highest BCUT2D eigenvalue weighted by Crippen LogP contribution is 2.21. The van der Waals surface area contributed by atoms with Crippen LogP contribution in [-0.2, 0) is 0 Å². The fourth-order valence-corrected chi connectivity index (χ4v) is 1.46. The largest absolute Gasteiger partial charge is 0.493 e. The first-order valence-corrected chi connectivity index (χ1v) is 5.41. The molecule has 0 aliphatic heterocycles. The third kappa shape index (κ3) is 4.40. The molecule has 0 spiro atoms. The molecule has 16 heavy (non-hydrogen) atoms. The summed E-state index contributed by atoms with van der Waals surface area (Å²) in [5, 5.41) is 0.713. The number of nitrogens with two attached hydrogens (primary N) is 2. The highest BCUT2D eigenvalue weighted by molar-refractivity contribution is 6.30. The highest BCUT2D eigenvalue weighted by atomic mass is 35.5. The summed E-state index contributed by atoms with van der Waals surface area (Å²) < 4.78 is 5.56. The smallest absolute Gasteiger partial charge is 0.185 e. The van der Waals surface area contributed by atoms with E-state index in [-0.39, 0.29) is 5.96 Å². The van der Waals surface area contributed by atoms with Gasteiger partial charge in [0.25, 0.3) is 0 Å². The van der Waals surface area contributed by atoms with Gasteiger partial charge in [-0.3, -0.25) is 4.99 Å². The maximum atomic E-state index is 5.83. The lowest BCUT2D eigenvalue weighted by molar-refractivity contribution is 0.311. The first-order valence-electron chi connectivity index (χ1n) is 5.04. The molecule has 0 saturated carbocycles. The van der Waals surface area contributed by atoms with Crippen molar-refractivity contribution in [1.29, 1.82) is 0 Å². The number of hydrogen-bond donors (Lipinski definition) is 2. The van der Waals surface area contributed by atoms with Crippen molar-refractivity contribution < 1.29 is 4.74 Å². The summed E-state index contributed by atoms with van der Waals surface area (Å²) in [5.41, 5.74) is 11.4. The molecular weight excluding hydrogens is 226 g/mol. The topological polar surface area (TPSA) is 73.6 Å². The Balaban J connectivity index is 2.35. The van der Waals surface area contributed by atoms with Crippen LogP contribution in [0.15, 0.2) is 23.2 Å². The zero-order valence-corrected chi connectivity index (χ0v) is 10.00. The van der Waals surface area contributed by atoms with Gasteiger partial charge in [-0.15, -0.1) is 0 Å². The van der Waals surface area contributed by atoms with Gasteiger partial charge in [-0.1, -0.05) is 11.6 Å². The lowest BCUT2D eigenvalue weighted by atomic mass is 10.2. The molecule has 0 aromatic heterocycles. The fourth-order valence-electron chi connectivity index (χ4n) is 1.23. The predicted octanol–water partition coefficient (Wildman–Crippen LogP) is 1.69. The Morgan fingerprint density at radius 2 is 2.19 bits per heavy atom. The fraction of sp³-hybridized carbons (Fsp3) is 0.364.